The topological polar surface area (TPSA) is 58.4 Å². The van der Waals surface area contributed by atoms with Gasteiger partial charge in [-0.25, -0.2) is 4.39 Å². The first kappa shape index (κ1) is 15.4. The van der Waals surface area contributed by atoms with Gasteiger partial charge in [0.25, 0.3) is 0 Å². The van der Waals surface area contributed by atoms with Crippen molar-refractivity contribution in [1.29, 1.82) is 0 Å². The van der Waals surface area contributed by atoms with E-state index in [1.165, 1.54) is 6.07 Å². The molecule has 1 amide bonds. The third-order valence-electron chi connectivity index (χ3n) is 3.54. The van der Waals surface area contributed by atoms with Crippen LogP contribution in [0.25, 0.3) is 0 Å². The number of benzene rings is 1. The fourth-order valence-corrected chi connectivity index (χ4v) is 2.74. The quantitative estimate of drug-likeness (QED) is 0.884. The smallest absolute Gasteiger partial charge is 0.238 e. The van der Waals surface area contributed by atoms with Crippen molar-refractivity contribution in [2.24, 2.45) is 5.73 Å². The van der Waals surface area contributed by atoms with E-state index in [2.05, 4.69) is 26.1 Å². The average molecular weight is 344 g/mol. The van der Waals surface area contributed by atoms with Crippen molar-refractivity contribution < 1.29 is 9.18 Å². The third-order valence-corrected chi connectivity index (χ3v) is 4.15. The van der Waals surface area contributed by atoms with E-state index in [4.69, 9.17) is 5.73 Å². The van der Waals surface area contributed by atoms with Crippen molar-refractivity contribution in [2.75, 3.05) is 25.0 Å². The molecule has 1 aromatic rings. The number of nitrogens with one attached hydrogen (secondary N) is 1. The summed E-state index contributed by atoms with van der Waals surface area (Å²) in [4.78, 5) is 14.1. The first-order chi connectivity index (χ1) is 9.45. The van der Waals surface area contributed by atoms with Crippen molar-refractivity contribution in [3.63, 3.8) is 0 Å². The minimum Gasteiger partial charge on any atom is -0.328 e. The fraction of sp³-hybridized carbons (Fsp3) is 0.500. The van der Waals surface area contributed by atoms with Gasteiger partial charge in [-0.05, 0) is 53.4 Å². The Morgan fingerprint density at radius 2 is 2.15 bits per heavy atom. The van der Waals surface area contributed by atoms with E-state index in [9.17, 15) is 9.18 Å². The Bertz CT molecular complexity index is 501. The Kier molecular flexibility index (Phi) is 5.12. The summed E-state index contributed by atoms with van der Waals surface area (Å²) >= 11 is 3.12. The van der Waals surface area contributed by atoms with Gasteiger partial charge in [-0.1, -0.05) is 0 Å². The molecule has 4 nitrogen and oxygen atoms in total. The van der Waals surface area contributed by atoms with Crippen LogP contribution in [0.2, 0.25) is 0 Å². The Balaban J connectivity index is 1.93. The van der Waals surface area contributed by atoms with Gasteiger partial charge in [-0.15, -0.1) is 0 Å². The van der Waals surface area contributed by atoms with Crippen LogP contribution in [0, 0.1) is 12.7 Å². The van der Waals surface area contributed by atoms with Crippen molar-refractivity contribution in [1.82, 2.24) is 4.90 Å². The number of rotatable bonds is 3. The molecule has 0 spiro atoms. The number of aryl methyl sites for hydroxylation is 1. The summed E-state index contributed by atoms with van der Waals surface area (Å²) in [5, 5.41) is 2.76. The van der Waals surface area contributed by atoms with Crippen LogP contribution in [0.5, 0.6) is 0 Å². The SMILES string of the molecule is Cc1cc(Br)c(F)cc1NC(=O)CN1CCC(N)CC1. The number of hydrogen-bond donors (Lipinski definition) is 2. The first-order valence-corrected chi connectivity index (χ1v) is 7.48. The van der Waals surface area contributed by atoms with Crippen molar-refractivity contribution >= 4 is 27.5 Å². The van der Waals surface area contributed by atoms with E-state index in [1.54, 1.807) is 6.07 Å². The molecule has 1 saturated heterocycles. The molecule has 0 aromatic heterocycles. The zero-order valence-electron chi connectivity index (χ0n) is 11.5. The Morgan fingerprint density at radius 1 is 1.50 bits per heavy atom. The second-order valence-corrected chi connectivity index (χ2v) is 6.10. The lowest BCUT2D eigenvalue weighted by atomic mass is 10.1. The minimum absolute atomic E-state index is 0.120. The molecule has 0 unspecified atom stereocenters. The van der Waals surface area contributed by atoms with Gasteiger partial charge < -0.3 is 11.1 Å². The maximum absolute atomic E-state index is 13.5. The Labute approximate surface area is 126 Å². The van der Waals surface area contributed by atoms with Crippen LogP contribution in [0.1, 0.15) is 18.4 Å². The van der Waals surface area contributed by atoms with Crippen LogP contribution in [-0.2, 0) is 4.79 Å². The van der Waals surface area contributed by atoms with Crippen LogP contribution in [0.3, 0.4) is 0 Å². The summed E-state index contributed by atoms with van der Waals surface area (Å²) in [5.74, 6) is -0.500. The van der Waals surface area contributed by atoms with E-state index < -0.39 is 0 Å². The summed E-state index contributed by atoms with van der Waals surface area (Å²) in [6.45, 7) is 3.83. The number of hydrogen-bond acceptors (Lipinski definition) is 3. The van der Waals surface area contributed by atoms with Crippen LogP contribution in [-0.4, -0.2) is 36.5 Å². The number of amides is 1. The van der Waals surface area contributed by atoms with Crippen molar-refractivity contribution in [2.45, 2.75) is 25.8 Å². The highest BCUT2D eigenvalue weighted by atomic mass is 79.9. The number of likely N-dealkylation sites (tertiary alicyclic amines) is 1. The molecular formula is C14H19BrFN3O. The molecule has 1 fully saturated rings. The first-order valence-electron chi connectivity index (χ1n) is 6.69. The predicted octanol–water partition coefficient (Wildman–Crippen LogP) is 2.26. The van der Waals surface area contributed by atoms with Gasteiger partial charge in [0.05, 0.1) is 11.0 Å². The summed E-state index contributed by atoms with van der Waals surface area (Å²) in [6, 6.07) is 3.24. The maximum Gasteiger partial charge on any atom is 0.238 e. The lowest BCUT2D eigenvalue weighted by Crippen LogP contribution is -2.43. The highest BCUT2D eigenvalue weighted by Gasteiger charge is 2.18. The second kappa shape index (κ2) is 6.65. The molecule has 0 bridgehead atoms. The number of carbonyl (C=O) groups excluding carboxylic acids is 1. The molecule has 1 heterocycles. The van der Waals surface area contributed by atoms with E-state index >= 15 is 0 Å². The molecule has 1 aliphatic rings. The lowest BCUT2D eigenvalue weighted by Gasteiger charge is -2.29. The van der Waals surface area contributed by atoms with Crippen LogP contribution >= 0.6 is 15.9 Å². The number of anilines is 1. The van der Waals surface area contributed by atoms with Gasteiger partial charge in [0, 0.05) is 24.8 Å². The molecule has 0 aliphatic carbocycles. The molecule has 1 aliphatic heterocycles. The number of nitrogens with zero attached hydrogens (tertiary/aromatic N) is 1. The molecule has 0 radical (unpaired) electrons. The molecule has 6 heteroatoms. The number of nitrogens with two attached hydrogens (primary N) is 1. The number of piperidine rings is 1. The predicted molar refractivity (Wildman–Crippen MR) is 81.1 cm³/mol. The molecule has 0 saturated carbocycles. The summed E-state index contributed by atoms with van der Waals surface area (Å²) in [7, 11) is 0. The second-order valence-electron chi connectivity index (χ2n) is 5.24. The van der Waals surface area contributed by atoms with Gasteiger partial charge >= 0.3 is 0 Å². The van der Waals surface area contributed by atoms with Crippen molar-refractivity contribution in [3.8, 4) is 0 Å². The monoisotopic (exact) mass is 343 g/mol. The van der Waals surface area contributed by atoms with Gasteiger partial charge in [0.15, 0.2) is 0 Å². The van der Waals surface area contributed by atoms with Crippen LogP contribution in [0.4, 0.5) is 10.1 Å². The number of carbonyl (C=O) groups is 1. The maximum atomic E-state index is 13.5. The van der Waals surface area contributed by atoms with Gasteiger partial charge in [-0.3, -0.25) is 9.69 Å². The summed E-state index contributed by atoms with van der Waals surface area (Å²) < 4.78 is 13.9. The lowest BCUT2D eigenvalue weighted by molar-refractivity contribution is -0.117. The zero-order chi connectivity index (χ0) is 14.7. The van der Waals surface area contributed by atoms with Crippen molar-refractivity contribution in [3.05, 3.63) is 28.0 Å². The molecule has 1 aromatic carbocycles. The molecule has 20 heavy (non-hydrogen) atoms. The Hall–Kier alpha value is -0.980. The highest BCUT2D eigenvalue weighted by molar-refractivity contribution is 9.10. The summed E-state index contributed by atoms with van der Waals surface area (Å²) in [6.07, 6.45) is 1.83. The number of halogens is 2. The largest absolute Gasteiger partial charge is 0.328 e. The van der Waals surface area contributed by atoms with Gasteiger partial charge in [0.2, 0.25) is 5.91 Å². The van der Waals surface area contributed by atoms with Crippen LogP contribution < -0.4 is 11.1 Å². The average Bonchev–Trinajstić information content (AvgIpc) is 2.39. The summed E-state index contributed by atoms with van der Waals surface area (Å²) in [5.41, 5.74) is 7.17. The molecule has 0 atom stereocenters. The standard InChI is InChI=1S/C14H19BrFN3O/c1-9-6-11(15)12(16)7-13(9)18-14(20)8-19-4-2-10(17)3-5-19/h6-7,10H,2-5,8,17H2,1H3,(H,18,20). The van der Waals surface area contributed by atoms with Gasteiger partial charge in [0.1, 0.15) is 5.82 Å². The molecular weight excluding hydrogens is 325 g/mol. The highest BCUT2D eigenvalue weighted by Crippen LogP contribution is 2.24. The van der Waals surface area contributed by atoms with Crippen LogP contribution in [0.15, 0.2) is 16.6 Å². The molecule has 3 N–H and O–H groups in total. The van der Waals surface area contributed by atoms with E-state index in [1.807, 2.05) is 6.92 Å². The molecule has 2 rings (SSSR count). The van der Waals surface area contributed by atoms with E-state index in [-0.39, 0.29) is 17.8 Å². The molecule has 110 valence electrons. The minimum atomic E-state index is -0.380. The van der Waals surface area contributed by atoms with Gasteiger partial charge in [-0.2, -0.15) is 0 Å². The Morgan fingerprint density at radius 3 is 2.80 bits per heavy atom. The zero-order valence-corrected chi connectivity index (χ0v) is 13.0. The normalized spacial score (nSPS) is 17.2. The van der Waals surface area contributed by atoms with E-state index in [0.29, 0.717) is 16.7 Å². The van der Waals surface area contributed by atoms with E-state index in [0.717, 1.165) is 31.5 Å². The third kappa shape index (κ3) is 4.01. The fourth-order valence-electron chi connectivity index (χ4n) is 2.28.